The van der Waals surface area contributed by atoms with Crippen LogP contribution in [0.15, 0.2) is 24.3 Å². The molecular formula is C18H22N2O5. The number of nitrogens with zero attached hydrogens (tertiary/aromatic N) is 2. The fourth-order valence-corrected chi connectivity index (χ4v) is 3.95. The SMILES string of the molecule is O=C(OCC(=O)N1CCC[C@H]2CCCC[C@H]21)c1ccc([N+](=O)[O-])cc1. The van der Waals surface area contributed by atoms with E-state index in [9.17, 15) is 19.7 Å². The summed E-state index contributed by atoms with van der Waals surface area (Å²) >= 11 is 0. The number of likely N-dealkylation sites (tertiary alicyclic amines) is 1. The van der Waals surface area contributed by atoms with Gasteiger partial charge in [-0.3, -0.25) is 14.9 Å². The van der Waals surface area contributed by atoms with Gasteiger partial charge in [-0.25, -0.2) is 4.79 Å². The molecule has 1 saturated carbocycles. The van der Waals surface area contributed by atoms with Gasteiger partial charge in [-0.15, -0.1) is 0 Å². The van der Waals surface area contributed by atoms with Crippen LogP contribution in [0.25, 0.3) is 0 Å². The Morgan fingerprint density at radius 2 is 1.80 bits per heavy atom. The Bertz CT molecular complexity index is 656. The summed E-state index contributed by atoms with van der Waals surface area (Å²) in [5.41, 5.74) is 0.108. The van der Waals surface area contributed by atoms with Crippen LogP contribution in [-0.4, -0.2) is 40.9 Å². The molecule has 1 aromatic carbocycles. The first-order chi connectivity index (χ1) is 12.1. The first-order valence-corrected chi connectivity index (χ1v) is 8.77. The maximum Gasteiger partial charge on any atom is 0.338 e. The van der Waals surface area contributed by atoms with Crippen LogP contribution < -0.4 is 0 Å². The van der Waals surface area contributed by atoms with E-state index in [2.05, 4.69) is 0 Å². The van der Waals surface area contributed by atoms with E-state index in [1.165, 1.54) is 43.5 Å². The maximum atomic E-state index is 12.5. The smallest absolute Gasteiger partial charge is 0.338 e. The summed E-state index contributed by atoms with van der Waals surface area (Å²) in [4.78, 5) is 36.5. The lowest BCUT2D eigenvalue weighted by molar-refractivity contribution is -0.384. The van der Waals surface area contributed by atoms with E-state index in [-0.39, 0.29) is 29.8 Å². The number of esters is 1. The molecule has 2 fully saturated rings. The van der Waals surface area contributed by atoms with Gasteiger partial charge in [0, 0.05) is 24.7 Å². The molecule has 2 aliphatic rings. The molecule has 1 saturated heterocycles. The molecule has 3 rings (SSSR count). The van der Waals surface area contributed by atoms with Crippen molar-refractivity contribution >= 4 is 17.6 Å². The number of non-ortho nitro benzene ring substituents is 1. The van der Waals surface area contributed by atoms with Gasteiger partial charge in [-0.1, -0.05) is 12.8 Å². The summed E-state index contributed by atoms with van der Waals surface area (Å²) < 4.78 is 5.12. The van der Waals surface area contributed by atoms with Crippen molar-refractivity contribution in [1.29, 1.82) is 0 Å². The topological polar surface area (TPSA) is 89.8 Å². The Hall–Kier alpha value is -2.44. The molecule has 1 heterocycles. The highest BCUT2D eigenvalue weighted by atomic mass is 16.6. The summed E-state index contributed by atoms with van der Waals surface area (Å²) in [6.07, 6.45) is 6.77. The molecule has 2 atom stereocenters. The number of carbonyl (C=O) groups excluding carboxylic acids is 2. The summed E-state index contributed by atoms with van der Waals surface area (Å²) in [6.45, 7) is 0.453. The molecule has 0 unspecified atom stereocenters. The summed E-state index contributed by atoms with van der Waals surface area (Å²) in [7, 11) is 0. The van der Waals surface area contributed by atoms with Crippen LogP contribution in [0.1, 0.15) is 48.9 Å². The van der Waals surface area contributed by atoms with Crippen LogP contribution in [0, 0.1) is 16.0 Å². The molecular weight excluding hydrogens is 324 g/mol. The van der Waals surface area contributed by atoms with Crippen LogP contribution in [-0.2, 0) is 9.53 Å². The third kappa shape index (κ3) is 3.97. The molecule has 1 aromatic rings. The van der Waals surface area contributed by atoms with E-state index in [1.807, 2.05) is 4.90 Å². The number of hydrogen-bond acceptors (Lipinski definition) is 5. The van der Waals surface area contributed by atoms with Gasteiger partial charge in [0.25, 0.3) is 11.6 Å². The average molecular weight is 346 g/mol. The number of piperidine rings is 1. The standard InChI is InChI=1S/C18H22N2O5/c21-17(19-11-3-5-13-4-1-2-6-16(13)19)12-25-18(22)14-7-9-15(10-8-14)20(23)24/h7-10,13,16H,1-6,11-12H2/t13-,16-/m1/s1. The molecule has 0 aromatic heterocycles. The summed E-state index contributed by atoms with van der Waals surface area (Å²) in [5, 5.41) is 10.6. The van der Waals surface area contributed by atoms with Gasteiger partial charge in [-0.2, -0.15) is 0 Å². The zero-order valence-electron chi connectivity index (χ0n) is 14.1. The normalized spacial score (nSPS) is 22.8. The van der Waals surface area contributed by atoms with Crippen molar-refractivity contribution in [3.63, 3.8) is 0 Å². The van der Waals surface area contributed by atoms with Gasteiger partial charge in [0.15, 0.2) is 6.61 Å². The number of nitro benzene ring substituents is 1. The van der Waals surface area contributed by atoms with E-state index in [4.69, 9.17) is 4.74 Å². The Kier molecular flexibility index (Phi) is 5.31. The third-order valence-corrected chi connectivity index (χ3v) is 5.20. The van der Waals surface area contributed by atoms with Crippen molar-refractivity contribution in [1.82, 2.24) is 4.90 Å². The van der Waals surface area contributed by atoms with E-state index in [0.29, 0.717) is 5.92 Å². The van der Waals surface area contributed by atoms with Gasteiger partial charge < -0.3 is 9.64 Å². The zero-order valence-corrected chi connectivity index (χ0v) is 14.1. The number of amides is 1. The third-order valence-electron chi connectivity index (χ3n) is 5.20. The monoisotopic (exact) mass is 346 g/mol. The Labute approximate surface area is 146 Å². The molecule has 0 spiro atoms. The van der Waals surface area contributed by atoms with E-state index in [1.54, 1.807) is 0 Å². The van der Waals surface area contributed by atoms with Gasteiger partial charge in [0.05, 0.1) is 10.5 Å². The number of rotatable bonds is 4. The Morgan fingerprint density at radius 3 is 2.52 bits per heavy atom. The Balaban J connectivity index is 1.56. The van der Waals surface area contributed by atoms with Crippen LogP contribution >= 0.6 is 0 Å². The summed E-state index contributed by atoms with van der Waals surface area (Å²) in [5.74, 6) is -0.205. The molecule has 0 N–H and O–H groups in total. The fraction of sp³-hybridized carbons (Fsp3) is 0.556. The molecule has 1 aliphatic heterocycles. The predicted molar refractivity (Wildman–Crippen MR) is 90.1 cm³/mol. The average Bonchev–Trinajstić information content (AvgIpc) is 2.65. The molecule has 0 bridgehead atoms. The molecule has 25 heavy (non-hydrogen) atoms. The number of benzene rings is 1. The lowest BCUT2D eigenvalue weighted by Crippen LogP contribution is -2.50. The molecule has 1 aliphatic carbocycles. The number of carbonyl (C=O) groups is 2. The minimum atomic E-state index is -0.638. The van der Waals surface area contributed by atoms with Gasteiger partial charge in [-0.05, 0) is 43.7 Å². The van der Waals surface area contributed by atoms with Gasteiger partial charge in [0.2, 0.25) is 0 Å². The maximum absolute atomic E-state index is 12.5. The number of hydrogen-bond donors (Lipinski definition) is 0. The van der Waals surface area contributed by atoms with E-state index >= 15 is 0 Å². The highest BCUT2D eigenvalue weighted by Gasteiger charge is 2.35. The largest absolute Gasteiger partial charge is 0.452 e. The van der Waals surface area contributed by atoms with Crippen LogP contribution in [0.3, 0.4) is 0 Å². The van der Waals surface area contributed by atoms with Gasteiger partial charge >= 0.3 is 5.97 Å². The van der Waals surface area contributed by atoms with Crippen molar-refractivity contribution in [2.24, 2.45) is 5.92 Å². The van der Waals surface area contributed by atoms with Crippen molar-refractivity contribution in [3.05, 3.63) is 39.9 Å². The van der Waals surface area contributed by atoms with E-state index in [0.717, 1.165) is 25.8 Å². The minimum Gasteiger partial charge on any atom is -0.452 e. The van der Waals surface area contributed by atoms with Gasteiger partial charge in [0.1, 0.15) is 0 Å². The molecule has 7 heteroatoms. The van der Waals surface area contributed by atoms with Crippen molar-refractivity contribution < 1.29 is 19.2 Å². The second-order valence-electron chi connectivity index (χ2n) is 6.72. The zero-order chi connectivity index (χ0) is 17.8. The first kappa shape index (κ1) is 17.4. The molecule has 0 radical (unpaired) electrons. The molecule has 1 amide bonds. The van der Waals surface area contributed by atoms with Crippen molar-refractivity contribution in [2.45, 2.75) is 44.6 Å². The van der Waals surface area contributed by atoms with Crippen LogP contribution in [0.4, 0.5) is 5.69 Å². The molecule has 134 valence electrons. The van der Waals surface area contributed by atoms with E-state index < -0.39 is 10.9 Å². The first-order valence-electron chi connectivity index (χ1n) is 8.77. The van der Waals surface area contributed by atoms with Crippen molar-refractivity contribution in [2.75, 3.05) is 13.2 Å². The number of fused-ring (bicyclic) bond motifs is 1. The minimum absolute atomic E-state index is 0.0933. The fourth-order valence-electron chi connectivity index (χ4n) is 3.95. The highest BCUT2D eigenvalue weighted by Crippen LogP contribution is 2.35. The Morgan fingerprint density at radius 1 is 1.12 bits per heavy atom. The quantitative estimate of drug-likeness (QED) is 0.475. The highest BCUT2D eigenvalue weighted by molar-refractivity contribution is 5.91. The van der Waals surface area contributed by atoms with Crippen molar-refractivity contribution in [3.8, 4) is 0 Å². The predicted octanol–water partition coefficient (Wildman–Crippen LogP) is 2.93. The molecule has 7 nitrogen and oxygen atoms in total. The second-order valence-corrected chi connectivity index (χ2v) is 6.72. The van der Waals surface area contributed by atoms with Crippen LogP contribution in [0.5, 0.6) is 0 Å². The van der Waals surface area contributed by atoms with Crippen LogP contribution in [0.2, 0.25) is 0 Å². The number of ether oxygens (including phenoxy) is 1. The summed E-state index contributed by atoms with van der Waals surface area (Å²) in [6, 6.07) is 5.45. The lowest BCUT2D eigenvalue weighted by atomic mass is 9.78. The number of nitro groups is 1. The lowest BCUT2D eigenvalue weighted by Gasteiger charge is -2.44. The second kappa shape index (κ2) is 7.63.